The molecule has 0 bridgehead atoms. The van der Waals surface area contributed by atoms with Crippen LogP contribution >= 0.6 is 11.6 Å². The lowest BCUT2D eigenvalue weighted by Gasteiger charge is -2.04. The van der Waals surface area contributed by atoms with Gasteiger partial charge < -0.3 is 5.32 Å². The highest BCUT2D eigenvalue weighted by atomic mass is 35.5. The summed E-state index contributed by atoms with van der Waals surface area (Å²) in [5.41, 5.74) is 4.01. The van der Waals surface area contributed by atoms with Gasteiger partial charge in [0.25, 0.3) is 0 Å². The molecule has 0 saturated carbocycles. The number of halogens is 1. The molecule has 0 saturated heterocycles. The molecule has 7 heteroatoms. The summed E-state index contributed by atoms with van der Waals surface area (Å²) in [5, 5.41) is 12.2. The summed E-state index contributed by atoms with van der Waals surface area (Å²) in [6, 6.07) is 9.48. The van der Waals surface area contributed by atoms with Crippen molar-refractivity contribution in [3.05, 3.63) is 70.1 Å². The van der Waals surface area contributed by atoms with Gasteiger partial charge in [-0.05, 0) is 44.5 Å². The topological polar surface area (TPSA) is 64.7 Å². The van der Waals surface area contributed by atoms with Crippen molar-refractivity contribution in [2.24, 2.45) is 0 Å². The van der Waals surface area contributed by atoms with Crippen molar-refractivity contribution in [2.45, 2.75) is 33.9 Å². The monoisotopic (exact) mass is 383 g/mol. The van der Waals surface area contributed by atoms with E-state index in [0.29, 0.717) is 17.4 Å². The molecular formula is C20H22ClN5O. The van der Waals surface area contributed by atoms with Crippen LogP contribution in [0.3, 0.4) is 0 Å². The third-order valence-electron chi connectivity index (χ3n) is 4.33. The molecule has 1 amide bonds. The second-order valence-corrected chi connectivity index (χ2v) is 6.72. The molecule has 0 aliphatic heterocycles. The fourth-order valence-corrected chi connectivity index (χ4v) is 2.90. The number of nitrogens with zero attached hydrogens (tertiary/aromatic N) is 4. The molecule has 0 unspecified atom stereocenters. The Morgan fingerprint density at radius 3 is 2.63 bits per heavy atom. The average molecular weight is 384 g/mol. The molecule has 140 valence electrons. The molecule has 0 spiro atoms. The number of benzene rings is 1. The van der Waals surface area contributed by atoms with Gasteiger partial charge in [-0.3, -0.25) is 14.2 Å². The van der Waals surface area contributed by atoms with Crippen LogP contribution in [-0.4, -0.2) is 25.5 Å². The highest BCUT2D eigenvalue weighted by Crippen LogP contribution is 2.14. The van der Waals surface area contributed by atoms with E-state index in [-0.39, 0.29) is 5.91 Å². The van der Waals surface area contributed by atoms with E-state index < -0.39 is 0 Å². The summed E-state index contributed by atoms with van der Waals surface area (Å²) >= 11 is 5.92. The smallest absolute Gasteiger partial charge is 0.249 e. The number of hydrogen-bond acceptors (Lipinski definition) is 3. The summed E-state index contributed by atoms with van der Waals surface area (Å²) in [7, 11) is 0. The van der Waals surface area contributed by atoms with Crippen LogP contribution in [-0.2, 0) is 17.9 Å². The molecule has 0 fully saturated rings. The fraction of sp³-hybridized carbons (Fsp3) is 0.250. The quantitative estimate of drug-likeness (QED) is 0.652. The standard InChI is InChI=1S/C20H22ClN5O/c1-4-25-15(3)17(12-22-25)7-10-20(27)23-19-11-14(2)26(24-19)13-16-5-8-18(21)9-6-16/h5-12H,4,13H2,1-3H3,(H,23,24,27)/b10-7+. The number of anilines is 1. The highest BCUT2D eigenvalue weighted by molar-refractivity contribution is 6.30. The Labute approximate surface area is 163 Å². The first-order valence-electron chi connectivity index (χ1n) is 8.76. The summed E-state index contributed by atoms with van der Waals surface area (Å²) in [6.07, 6.45) is 5.02. The lowest BCUT2D eigenvalue weighted by atomic mass is 10.2. The van der Waals surface area contributed by atoms with Crippen LogP contribution < -0.4 is 5.32 Å². The number of aromatic nitrogens is 4. The second kappa shape index (κ2) is 8.22. The Bertz CT molecular complexity index is 969. The van der Waals surface area contributed by atoms with Crippen LogP contribution in [0.4, 0.5) is 5.82 Å². The van der Waals surface area contributed by atoms with Crippen LogP contribution in [0, 0.1) is 13.8 Å². The number of aryl methyl sites for hydroxylation is 2. The van der Waals surface area contributed by atoms with Crippen molar-refractivity contribution in [1.29, 1.82) is 0 Å². The number of carbonyl (C=O) groups is 1. The first-order valence-corrected chi connectivity index (χ1v) is 9.14. The van der Waals surface area contributed by atoms with E-state index in [1.54, 1.807) is 12.3 Å². The minimum Gasteiger partial charge on any atom is -0.306 e. The third kappa shape index (κ3) is 4.65. The molecule has 0 aliphatic carbocycles. The fourth-order valence-electron chi connectivity index (χ4n) is 2.77. The molecule has 2 aromatic heterocycles. The maximum atomic E-state index is 12.2. The van der Waals surface area contributed by atoms with Crippen molar-refractivity contribution in [2.75, 3.05) is 5.32 Å². The molecule has 0 atom stereocenters. The van der Waals surface area contributed by atoms with Gasteiger partial charge in [0.2, 0.25) is 5.91 Å². The van der Waals surface area contributed by atoms with Gasteiger partial charge in [-0.25, -0.2) is 0 Å². The van der Waals surface area contributed by atoms with Crippen LogP contribution in [0.15, 0.2) is 42.6 Å². The largest absolute Gasteiger partial charge is 0.306 e. The molecule has 0 aliphatic rings. The molecule has 3 aromatic rings. The minimum atomic E-state index is -0.227. The molecule has 3 rings (SSSR count). The van der Waals surface area contributed by atoms with Gasteiger partial charge >= 0.3 is 0 Å². The van der Waals surface area contributed by atoms with Crippen molar-refractivity contribution in [1.82, 2.24) is 19.6 Å². The zero-order valence-corrected chi connectivity index (χ0v) is 16.4. The number of hydrogen-bond donors (Lipinski definition) is 1. The van der Waals surface area contributed by atoms with Gasteiger partial charge in [0.05, 0.1) is 12.7 Å². The molecule has 6 nitrogen and oxygen atoms in total. The van der Waals surface area contributed by atoms with Crippen LogP contribution in [0.2, 0.25) is 5.02 Å². The van der Waals surface area contributed by atoms with Gasteiger partial charge in [0.15, 0.2) is 5.82 Å². The molecular weight excluding hydrogens is 362 g/mol. The maximum Gasteiger partial charge on any atom is 0.249 e. The lowest BCUT2D eigenvalue weighted by molar-refractivity contribution is -0.111. The van der Waals surface area contributed by atoms with Gasteiger partial charge in [0, 0.05) is 40.7 Å². The summed E-state index contributed by atoms with van der Waals surface area (Å²) in [6.45, 7) is 7.38. The highest BCUT2D eigenvalue weighted by Gasteiger charge is 2.08. The van der Waals surface area contributed by atoms with E-state index in [2.05, 4.69) is 15.5 Å². The van der Waals surface area contributed by atoms with Gasteiger partial charge in [-0.1, -0.05) is 23.7 Å². The van der Waals surface area contributed by atoms with Gasteiger partial charge in [0.1, 0.15) is 0 Å². The predicted octanol–water partition coefficient (Wildman–Crippen LogP) is 4.07. The van der Waals surface area contributed by atoms with E-state index in [1.165, 1.54) is 6.08 Å². The lowest BCUT2D eigenvalue weighted by Crippen LogP contribution is -2.09. The average Bonchev–Trinajstić information content (AvgIpc) is 3.17. The Hall–Kier alpha value is -2.86. The number of amides is 1. The van der Waals surface area contributed by atoms with Crippen molar-refractivity contribution in [3.8, 4) is 0 Å². The zero-order chi connectivity index (χ0) is 19.4. The second-order valence-electron chi connectivity index (χ2n) is 6.28. The normalized spacial score (nSPS) is 11.3. The van der Waals surface area contributed by atoms with Crippen molar-refractivity contribution >= 4 is 29.4 Å². The van der Waals surface area contributed by atoms with E-state index >= 15 is 0 Å². The van der Waals surface area contributed by atoms with Crippen molar-refractivity contribution < 1.29 is 4.79 Å². The number of carbonyl (C=O) groups excluding carboxylic acids is 1. The number of rotatable bonds is 6. The van der Waals surface area contributed by atoms with E-state index in [4.69, 9.17) is 11.6 Å². The SMILES string of the molecule is CCn1ncc(/C=C/C(=O)Nc2cc(C)n(Cc3ccc(Cl)cc3)n2)c1C. The molecule has 1 aromatic carbocycles. The Kier molecular flexibility index (Phi) is 5.76. The van der Waals surface area contributed by atoms with E-state index in [0.717, 1.165) is 29.1 Å². The van der Waals surface area contributed by atoms with Crippen LogP contribution in [0.5, 0.6) is 0 Å². The first kappa shape index (κ1) is 18.9. The Morgan fingerprint density at radius 2 is 1.96 bits per heavy atom. The maximum absolute atomic E-state index is 12.2. The minimum absolute atomic E-state index is 0.227. The Morgan fingerprint density at radius 1 is 1.22 bits per heavy atom. The molecule has 1 N–H and O–H groups in total. The van der Waals surface area contributed by atoms with Crippen molar-refractivity contribution in [3.63, 3.8) is 0 Å². The number of nitrogens with one attached hydrogen (secondary N) is 1. The van der Waals surface area contributed by atoms with Gasteiger partial charge in [-0.15, -0.1) is 0 Å². The molecule has 2 heterocycles. The van der Waals surface area contributed by atoms with Crippen LogP contribution in [0.1, 0.15) is 29.4 Å². The summed E-state index contributed by atoms with van der Waals surface area (Å²) in [4.78, 5) is 12.2. The van der Waals surface area contributed by atoms with Gasteiger partial charge in [-0.2, -0.15) is 10.2 Å². The molecule has 27 heavy (non-hydrogen) atoms. The first-order chi connectivity index (χ1) is 13.0. The predicted molar refractivity (Wildman–Crippen MR) is 108 cm³/mol. The van der Waals surface area contributed by atoms with E-state index in [9.17, 15) is 4.79 Å². The summed E-state index contributed by atoms with van der Waals surface area (Å²) in [5.74, 6) is 0.298. The Balaban J connectivity index is 1.65. The molecule has 0 radical (unpaired) electrons. The van der Waals surface area contributed by atoms with E-state index in [1.807, 2.05) is 60.5 Å². The summed E-state index contributed by atoms with van der Waals surface area (Å²) < 4.78 is 3.73. The third-order valence-corrected chi connectivity index (χ3v) is 4.58. The van der Waals surface area contributed by atoms with Crippen LogP contribution in [0.25, 0.3) is 6.08 Å². The zero-order valence-electron chi connectivity index (χ0n) is 15.6.